The summed E-state index contributed by atoms with van der Waals surface area (Å²) in [4.78, 5) is 11.6. The van der Waals surface area contributed by atoms with Gasteiger partial charge in [-0.05, 0) is 5.56 Å². The third kappa shape index (κ3) is 1.62. The lowest BCUT2D eigenvalue weighted by Gasteiger charge is -2.02. The van der Waals surface area contributed by atoms with Crippen LogP contribution in [0.3, 0.4) is 0 Å². The van der Waals surface area contributed by atoms with Crippen molar-refractivity contribution in [1.82, 2.24) is 9.13 Å². The first-order chi connectivity index (χ1) is 7.61. The van der Waals surface area contributed by atoms with Gasteiger partial charge < -0.3 is 5.11 Å². The van der Waals surface area contributed by atoms with Crippen LogP contribution in [0.25, 0.3) is 0 Å². The summed E-state index contributed by atoms with van der Waals surface area (Å²) in [7, 11) is 3.23. The van der Waals surface area contributed by atoms with Gasteiger partial charge in [-0.2, -0.15) is 0 Å². The molecule has 0 amide bonds. The maximum atomic E-state index is 11.6. The van der Waals surface area contributed by atoms with Gasteiger partial charge in [0.2, 0.25) is 5.88 Å². The average molecular weight is 218 g/mol. The zero-order valence-electron chi connectivity index (χ0n) is 9.34. The highest BCUT2D eigenvalue weighted by molar-refractivity contribution is 5.28. The molecule has 0 saturated carbocycles. The largest absolute Gasteiger partial charge is 0.493 e. The predicted molar refractivity (Wildman–Crippen MR) is 61.6 cm³/mol. The van der Waals surface area contributed by atoms with Crippen LogP contribution in [0.2, 0.25) is 0 Å². The minimum atomic E-state index is -0.205. The van der Waals surface area contributed by atoms with Crippen molar-refractivity contribution in [2.45, 2.75) is 6.42 Å². The van der Waals surface area contributed by atoms with Crippen LogP contribution >= 0.6 is 0 Å². The molecule has 0 spiro atoms. The fraction of sp³-hybridized carbons (Fsp3) is 0.250. The SMILES string of the molecule is Cn1c(O)c(Cc2ccccc2)n(C)c1=O. The molecule has 1 N–H and O–H groups in total. The van der Waals surface area contributed by atoms with E-state index in [1.54, 1.807) is 14.1 Å². The quantitative estimate of drug-likeness (QED) is 0.818. The van der Waals surface area contributed by atoms with Crippen LogP contribution < -0.4 is 5.69 Å². The zero-order chi connectivity index (χ0) is 11.7. The number of imidazole rings is 1. The molecule has 4 nitrogen and oxygen atoms in total. The van der Waals surface area contributed by atoms with Crippen molar-refractivity contribution in [1.29, 1.82) is 0 Å². The van der Waals surface area contributed by atoms with Crippen LogP contribution in [0.15, 0.2) is 35.1 Å². The van der Waals surface area contributed by atoms with Gasteiger partial charge in [-0.15, -0.1) is 0 Å². The Morgan fingerprint density at radius 3 is 2.25 bits per heavy atom. The molecule has 0 bridgehead atoms. The highest BCUT2D eigenvalue weighted by Crippen LogP contribution is 2.17. The van der Waals surface area contributed by atoms with Crippen LogP contribution in [-0.4, -0.2) is 14.2 Å². The van der Waals surface area contributed by atoms with E-state index in [9.17, 15) is 9.90 Å². The highest BCUT2D eigenvalue weighted by atomic mass is 16.3. The summed E-state index contributed by atoms with van der Waals surface area (Å²) in [5.41, 5.74) is 1.50. The molecule has 2 rings (SSSR count). The fourth-order valence-corrected chi connectivity index (χ4v) is 1.76. The van der Waals surface area contributed by atoms with Crippen LogP contribution in [0.5, 0.6) is 5.88 Å². The maximum Gasteiger partial charge on any atom is 0.330 e. The average Bonchev–Trinajstić information content (AvgIpc) is 2.48. The molecule has 0 radical (unpaired) electrons. The highest BCUT2D eigenvalue weighted by Gasteiger charge is 2.14. The molecule has 4 heteroatoms. The van der Waals surface area contributed by atoms with Crippen molar-refractivity contribution in [3.63, 3.8) is 0 Å². The van der Waals surface area contributed by atoms with E-state index in [1.807, 2.05) is 30.3 Å². The number of nitrogens with zero attached hydrogens (tertiary/aromatic N) is 2. The summed E-state index contributed by atoms with van der Waals surface area (Å²) < 4.78 is 2.72. The summed E-state index contributed by atoms with van der Waals surface area (Å²) >= 11 is 0. The van der Waals surface area contributed by atoms with E-state index in [-0.39, 0.29) is 11.6 Å². The number of hydrogen-bond acceptors (Lipinski definition) is 2. The van der Waals surface area contributed by atoms with Crippen molar-refractivity contribution in [2.24, 2.45) is 14.1 Å². The zero-order valence-corrected chi connectivity index (χ0v) is 9.34. The molecule has 1 aromatic carbocycles. The first kappa shape index (κ1) is 10.5. The van der Waals surface area contributed by atoms with Gasteiger partial charge in [-0.1, -0.05) is 30.3 Å². The van der Waals surface area contributed by atoms with Gasteiger partial charge in [0.05, 0.1) is 5.69 Å². The summed E-state index contributed by atoms with van der Waals surface area (Å²) in [6.07, 6.45) is 0.555. The van der Waals surface area contributed by atoms with Gasteiger partial charge in [0.25, 0.3) is 0 Å². The van der Waals surface area contributed by atoms with Crippen LogP contribution in [0, 0.1) is 0 Å². The monoisotopic (exact) mass is 218 g/mol. The molecule has 0 aliphatic rings. The van der Waals surface area contributed by atoms with Gasteiger partial charge in [0.1, 0.15) is 0 Å². The first-order valence-electron chi connectivity index (χ1n) is 5.08. The van der Waals surface area contributed by atoms with Crippen LogP contribution in [0.4, 0.5) is 0 Å². The summed E-state index contributed by atoms with van der Waals surface area (Å²) in [5, 5.41) is 9.80. The third-order valence-electron chi connectivity index (χ3n) is 2.77. The van der Waals surface area contributed by atoms with E-state index >= 15 is 0 Å². The van der Waals surface area contributed by atoms with Crippen molar-refractivity contribution in [3.05, 3.63) is 52.1 Å². The van der Waals surface area contributed by atoms with Crippen LogP contribution in [0.1, 0.15) is 11.3 Å². The molecule has 2 aromatic rings. The molecule has 0 aliphatic heterocycles. The second-order valence-corrected chi connectivity index (χ2v) is 3.83. The van der Waals surface area contributed by atoms with Gasteiger partial charge in [-0.3, -0.25) is 9.13 Å². The smallest absolute Gasteiger partial charge is 0.330 e. The lowest BCUT2D eigenvalue weighted by Crippen LogP contribution is -2.20. The fourth-order valence-electron chi connectivity index (χ4n) is 1.76. The molecule has 1 aromatic heterocycles. The summed E-state index contributed by atoms with van der Waals surface area (Å²) in [6, 6.07) is 9.75. The van der Waals surface area contributed by atoms with E-state index in [1.165, 1.54) is 9.13 Å². The summed E-state index contributed by atoms with van der Waals surface area (Å²) in [5.74, 6) is 0.0383. The predicted octanol–water partition coefficient (Wildman–Crippen LogP) is 1.02. The number of benzene rings is 1. The lowest BCUT2D eigenvalue weighted by molar-refractivity contribution is 0.424. The van der Waals surface area contributed by atoms with Gasteiger partial charge in [0.15, 0.2) is 0 Å². The Morgan fingerprint density at radius 2 is 1.75 bits per heavy atom. The van der Waals surface area contributed by atoms with E-state index in [4.69, 9.17) is 0 Å². The number of aromatic nitrogens is 2. The molecule has 16 heavy (non-hydrogen) atoms. The van der Waals surface area contributed by atoms with E-state index in [0.717, 1.165) is 5.56 Å². The van der Waals surface area contributed by atoms with Crippen molar-refractivity contribution in [2.75, 3.05) is 0 Å². The Morgan fingerprint density at radius 1 is 1.12 bits per heavy atom. The first-order valence-corrected chi connectivity index (χ1v) is 5.08. The molecule has 0 unspecified atom stereocenters. The normalized spacial score (nSPS) is 10.6. The molecule has 0 atom stereocenters. The van der Waals surface area contributed by atoms with Crippen molar-refractivity contribution < 1.29 is 5.11 Å². The Kier molecular flexibility index (Phi) is 2.56. The molecular weight excluding hydrogens is 204 g/mol. The molecular formula is C12H14N2O2. The van der Waals surface area contributed by atoms with E-state index < -0.39 is 0 Å². The topological polar surface area (TPSA) is 47.2 Å². The summed E-state index contributed by atoms with van der Waals surface area (Å²) in [6.45, 7) is 0. The lowest BCUT2D eigenvalue weighted by atomic mass is 10.1. The Bertz CT molecular complexity index is 552. The number of hydrogen-bond donors (Lipinski definition) is 1. The van der Waals surface area contributed by atoms with E-state index in [2.05, 4.69) is 0 Å². The van der Waals surface area contributed by atoms with Crippen molar-refractivity contribution in [3.8, 4) is 5.88 Å². The third-order valence-corrected chi connectivity index (χ3v) is 2.77. The Labute approximate surface area is 93.4 Å². The Hall–Kier alpha value is -1.97. The minimum absolute atomic E-state index is 0.0383. The van der Waals surface area contributed by atoms with E-state index in [0.29, 0.717) is 12.1 Å². The van der Waals surface area contributed by atoms with Crippen molar-refractivity contribution >= 4 is 0 Å². The second-order valence-electron chi connectivity index (χ2n) is 3.83. The molecule has 0 fully saturated rings. The second kappa shape index (κ2) is 3.89. The van der Waals surface area contributed by atoms with Gasteiger partial charge in [0, 0.05) is 20.5 Å². The number of rotatable bonds is 2. The van der Waals surface area contributed by atoms with Crippen LogP contribution in [-0.2, 0) is 20.5 Å². The molecule has 0 aliphatic carbocycles. The van der Waals surface area contributed by atoms with Gasteiger partial charge in [-0.25, -0.2) is 4.79 Å². The molecule has 0 saturated heterocycles. The molecule has 84 valence electrons. The Balaban J connectivity index is 2.43. The standard InChI is InChI=1S/C12H14N2O2/c1-13-10(11(15)14(2)12(13)16)8-9-6-4-3-5-7-9/h3-7,15H,8H2,1-2H3. The van der Waals surface area contributed by atoms with Gasteiger partial charge >= 0.3 is 5.69 Å². The minimum Gasteiger partial charge on any atom is -0.493 e. The number of aromatic hydroxyl groups is 1. The maximum absolute atomic E-state index is 11.6. The molecule has 1 heterocycles.